The summed E-state index contributed by atoms with van der Waals surface area (Å²) in [6, 6.07) is 6.86. The molecule has 0 aliphatic rings. The fourth-order valence-electron chi connectivity index (χ4n) is 3.93. The van der Waals surface area contributed by atoms with Crippen LogP contribution >= 0.6 is 11.6 Å². The van der Waals surface area contributed by atoms with E-state index < -0.39 is 56.4 Å². The molecule has 1 unspecified atom stereocenters. The van der Waals surface area contributed by atoms with Gasteiger partial charge in [0, 0.05) is 24.1 Å². The molecule has 15 heteroatoms. The Balaban J connectivity index is 1.48. The quantitative estimate of drug-likeness (QED) is 0.124. The van der Waals surface area contributed by atoms with Crippen LogP contribution in [-0.4, -0.2) is 51.4 Å². The molecule has 0 saturated carbocycles. The highest BCUT2D eigenvalue weighted by Gasteiger charge is 2.22. The van der Waals surface area contributed by atoms with E-state index in [2.05, 4.69) is 10.6 Å². The molecule has 1 heterocycles. The Labute approximate surface area is 251 Å². The van der Waals surface area contributed by atoms with Crippen LogP contribution in [-0.2, 0) is 30.8 Å². The molecule has 3 rings (SSSR count). The van der Waals surface area contributed by atoms with Gasteiger partial charge in [0.2, 0.25) is 10.0 Å². The summed E-state index contributed by atoms with van der Waals surface area (Å²) in [5, 5.41) is 10.9. The summed E-state index contributed by atoms with van der Waals surface area (Å²) < 4.78 is 66.3. The number of nitrogens with two attached hydrogens (primary N) is 1. The van der Waals surface area contributed by atoms with Crippen molar-refractivity contribution in [3.05, 3.63) is 82.3 Å². The molecular weight excluding hydrogens is 612 g/mol. The van der Waals surface area contributed by atoms with Crippen LogP contribution in [0.25, 0.3) is 0 Å². The number of carbonyl (C=O) groups is 3. The van der Waals surface area contributed by atoms with E-state index >= 15 is 0 Å². The number of primary sulfonamides is 1. The maximum absolute atomic E-state index is 13.4. The molecule has 0 amide bonds. The number of furan rings is 1. The molecule has 2 aromatic carbocycles. The van der Waals surface area contributed by atoms with Crippen molar-refractivity contribution in [3.63, 3.8) is 0 Å². The smallest absolute Gasteiger partial charge is 0.340 e. The van der Waals surface area contributed by atoms with Crippen molar-refractivity contribution in [2.45, 2.75) is 50.2 Å². The summed E-state index contributed by atoms with van der Waals surface area (Å²) in [6.45, 7) is 3.04. The maximum Gasteiger partial charge on any atom is 0.340 e. The zero-order chi connectivity index (χ0) is 31.7. The number of halogens is 3. The predicted octanol–water partition coefficient (Wildman–Crippen LogP) is 4.20. The average molecular weight is 642 g/mol. The van der Waals surface area contributed by atoms with E-state index in [1.54, 1.807) is 19.1 Å². The number of benzene rings is 2. The van der Waals surface area contributed by atoms with Crippen LogP contribution < -0.4 is 15.8 Å². The number of esters is 2. The second-order valence-electron chi connectivity index (χ2n) is 9.54. The molecule has 11 nitrogen and oxygen atoms in total. The Hall–Kier alpha value is -3.85. The summed E-state index contributed by atoms with van der Waals surface area (Å²) in [4.78, 5) is 37.0. The third-order valence-electron chi connectivity index (χ3n) is 5.96. The molecule has 0 saturated heterocycles. The Morgan fingerprint density at radius 1 is 1.07 bits per heavy atom. The molecule has 4 N–H and O–H groups in total. The minimum Gasteiger partial charge on any atom is -0.467 e. The molecule has 0 bridgehead atoms. The molecule has 2 atom stereocenters. The minimum atomic E-state index is -4.25. The van der Waals surface area contributed by atoms with E-state index in [9.17, 15) is 31.6 Å². The zero-order valence-corrected chi connectivity index (χ0v) is 24.8. The molecule has 232 valence electrons. The first-order valence-electron chi connectivity index (χ1n) is 13.0. The average Bonchev–Trinajstić information content (AvgIpc) is 3.45. The van der Waals surface area contributed by atoms with Crippen molar-refractivity contribution in [1.82, 2.24) is 5.32 Å². The number of anilines is 1. The van der Waals surface area contributed by atoms with Gasteiger partial charge in [-0.05, 0) is 56.7 Å². The highest BCUT2D eigenvalue weighted by Crippen LogP contribution is 2.29. The first kappa shape index (κ1) is 33.6. The van der Waals surface area contributed by atoms with Gasteiger partial charge >= 0.3 is 11.9 Å². The number of ketones is 1. The lowest BCUT2D eigenvalue weighted by Crippen LogP contribution is -2.42. The second-order valence-corrected chi connectivity index (χ2v) is 11.5. The standard InChI is InChI=1S/C28H30ClF2N3O8S/c1-16(34-17(2)27(36)18-9-19(30)11-20(31)10-18)15-42-26(35)6-4-8-41-28(37)22-12-25(43(32,38)39)23(29)13-24(22)33-14-21-5-3-7-40-21/h3,5,7,9-13,16-17,33-34H,4,6,8,14-15H2,1-2H3,(H2,32,38,39)/t16?,17-/m0/s1. The lowest BCUT2D eigenvalue weighted by atomic mass is 10.0. The molecule has 1 aromatic heterocycles. The van der Waals surface area contributed by atoms with Crippen LogP contribution in [0.2, 0.25) is 5.02 Å². The van der Waals surface area contributed by atoms with Crippen molar-refractivity contribution < 1.29 is 45.5 Å². The van der Waals surface area contributed by atoms with Crippen LogP contribution in [0.4, 0.5) is 14.5 Å². The molecule has 0 radical (unpaired) electrons. The van der Waals surface area contributed by atoms with E-state index in [0.29, 0.717) is 11.8 Å². The van der Waals surface area contributed by atoms with Gasteiger partial charge in [0.25, 0.3) is 0 Å². The Bertz CT molecular complexity index is 1550. The monoisotopic (exact) mass is 641 g/mol. The van der Waals surface area contributed by atoms with E-state index in [1.165, 1.54) is 19.3 Å². The Morgan fingerprint density at radius 2 is 1.77 bits per heavy atom. The van der Waals surface area contributed by atoms with E-state index in [4.69, 9.17) is 30.6 Å². The molecule has 0 fully saturated rings. The van der Waals surface area contributed by atoms with E-state index in [0.717, 1.165) is 18.2 Å². The van der Waals surface area contributed by atoms with Crippen LogP contribution in [0.5, 0.6) is 0 Å². The Morgan fingerprint density at radius 3 is 2.40 bits per heavy atom. The number of rotatable bonds is 15. The minimum absolute atomic E-state index is 0.0944. The van der Waals surface area contributed by atoms with Crippen molar-refractivity contribution in [2.75, 3.05) is 18.5 Å². The normalized spacial score (nSPS) is 12.8. The van der Waals surface area contributed by atoms with Crippen molar-refractivity contribution >= 4 is 45.0 Å². The van der Waals surface area contributed by atoms with Gasteiger partial charge in [-0.3, -0.25) is 9.59 Å². The van der Waals surface area contributed by atoms with Gasteiger partial charge in [0.05, 0.1) is 41.7 Å². The molecule has 0 spiro atoms. The summed E-state index contributed by atoms with van der Waals surface area (Å²) in [6.07, 6.45) is 1.45. The zero-order valence-electron chi connectivity index (χ0n) is 23.2. The number of hydrogen-bond donors (Lipinski definition) is 3. The van der Waals surface area contributed by atoms with Gasteiger partial charge in [-0.15, -0.1) is 0 Å². The van der Waals surface area contributed by atoms with E-state index in [1.807, 2.05) is 0 Å². The number of Topliss-reactive ketones (excluding diaryl/α,β-unsaturated/α-hetero) is 1. The fraction of sp³-hybridized carbons (Fsp3) is 0.321. The van der Waals surface area contributed by atoms with Crippen LogP contribution in [0.3, 0.4) is 0 Å². The Kier molecular flexibility index (Phi) is 11.8. The van der Waals surface area contributed by atoms with Crippen molar-refractivity contribution in [3.8, 4) is 0 Å². The summed E-state index contributed by atoms with van der Waals surface area (Å²) in [5.41, 5.74) is -0.0989. The van der Waals surface area contributed by atoms with Crippen molar-refractivity contribution in [1.29, 1.82) is 0 Å². The van der Waals surface area contributed by atoms with Gasteiger partial charge in [-0.1, -0.05) is 11.6 Å². The SMILES string of the molecule is CC(COC(=O)CCCOC(=O)c1cc(S(N)(=O)=O)c(Cl)cc1NCc1ccco1)N[C@@H](C)C(=O)c1cc(F)cc(F)c1. The van der Waals surface area contributed by atoms with Gasteiger partial charge in [-0.2, -0.15) is 0 Å². The maximum atomic E-state index is 13.4. The van der Waals surface area contributed by atoms with Crippen LogP contribution in [0.15, 0.2) is 58.0 Å². The lowest BCUT2D eigenvalue weighted by Gasteiger charge is -2.19. The first-order valence-corrected chi connectivity index (χ1v) is 14.9. The van der Waals surface area contributed by atoms with Crippen LogP contribution in [0, 0.1) is 11.6 Å². The second kappa shape index (κ2) is 15.0. The van der Waals surface area contributed by atoms with Crippen molar-refractivity contribution in [2.24, 2.45) is 5.14 Å². The van der Waals surface area contributed by atoms with Crippen LogP contribution in [0.1, 0.15) is 53.2 Å². The first-order chi connectivity index (χ1) is 20.2. The third-order valence-corrected chi connectivity index (χ3v) is 7.33. The van der Waals surface area contributed by atoms with Gasteiger partial charge in [-0.25, -0.2) is 27.1 Å². The number of nitrogens with one attached hydrogen (secondary N) is 2. The predicted molar refractivity (Wildman–Crippen MR) is 152 cm³/mol. The fourth-order valence-corrected chi connectivity index (χ4v) is 5.03. The largest absolute Gasteiger partial charge is 0.467 e. The summed E-state index contributed by atoms with van der Waals surface area (Å²) >= 11 is 6.07. The number of sulfonamides is 1. The van der Waals surface area contributed by atoms with E-state index in [-0.39, 0.29) is 54.4 Å². The molecule has 3 aromatic rings. The number of hydrogen-bond acceptors (Lipinski definition) is 10. The number of ether oxygens (including phenoxy) is 2. The molecule has 0 aliphatic heterocycles. The topological polar surface area (TPSA) is 167 Å². The van der Waals surface area contributed by atoms with Gasteiger partial charge in [0.15, 0.2) is 5.78 Å². The van der Waals surface area contributed by atoms with Gasteiger partial charge in [0.1, 0.15) is 28.9 Å². The molecular formula is C28H30ClF2N3O8S. The lowest BCUT2D eigenvalue weighted by molar-refractivity contribution is -0.144. The van der Waals surface area contributed by atoms with Gasteiger partial charge < -0.3 is 24.5 Å². The summed E-state index contributed by atoms with van der Waals surface area (Å²) in [5.74, 6) is -3.21. The molecule has 0 aliphatic carbocycles. The number of carbonyl (C=O) groups excluding carboxylic acids is 3. The highest BCUT2D eigenvalue weighted by molar-refractivity contribution is 7.89. The third kappa shape index (κ3) is 10.1. The summed E-state index contributed by atoms with van der Waals surface area (Å²) in [7, 11) is -4.25. The molecule has 43 heavy (non-hydrogen) atoms. The highest BCUT2D eigenvalue weighted by atomic mass is 35.5.